The Hall–Kier alpha value is -3.18. The summed E-state index contributed by atoms with van der Waals surface area (Å²) in [5.74, 6) is -1.76. The van der Waals surface area contributed by atoms with Crippen LogP contribution >= 0.6 is 0 Å². The molecular formula is C19H23F3N6O3. The first kappa shape index (κ1) is 22.5. The number of H-pyrrole nitrogens is 1. The fourth-order valence-corrected chi connectivity index (χ4v) is 3.43. The van der Waals surface area contributed by atoms with E-state index < -0.39 is 12.1 Å². The number of nitrogens with zero attached hydrogens (tertiary/aromatic N) is 4. The van der Waals surface area contributed by atoms with Crippen molar-refractivity contribution < 1.29 is 27.9 Å². The molecule has 1 unspecified atom stereocenters. The second-order valence-electron chi connectivity index (χ2n) is 7.42. The van der Waals surface area contributed by atoms with Crippen LogP contribution in [0.2, 0.25) is 0 Å². The molecule has 2 heterocycles. The molecule has 1 aliphatic heterocycles. The first-order valence-electron chi connectivity index (χ1n) is 9.90. The van der Waals surface area contributed by atoms with Gasteiger partial charge in [-0.1, -0.05) is 23.4 Å². The molecule has 4 rings (SSSR count). The lowest BCUT2D eigenvalue weighted by Gasteiger charge is -2.26. The maximum Gasteiger partial charge on any atom is 0.490 e. The second-order valence-corrected chi connectivity index (χ2v) is 7.42. The summed E-state index contributed by atoms with van der Waals surface area (Å²) in [5.41, 5.74) is 2.40. The van der Waals surface area contributed by atoms with Crippen LogP contribution in [0.15, 0.2) is 24.3 Å². The lowest BCUT2D eigenvalue weighted by Crippen LogP contribution is -2.40. The van der Waals surface area contributed by atoms with Crippen LogP contribution in [0.3, 0.4) is 0 Å². The van der Waals surface area contributed by atoms with Crippen LogP contribution in [-0.2, 0) is 22.4 Å². The van der Waals surface area contributed by atoms with E-state index in [2.05, 4.69) is 43.0 Å². The van der Waals surface area contributed by atoms with Crippen molar-refractivity contribution >= 4 is 17.6 Å². The van der Waals surface area contributed by atoms with E-state index in [1.807, 2.05) is 12.1 Å². The number of tetrazole rings is 1. The van der Waals surface area contributed by atoms with E-state index in [-0.39, 0.29) is 11.8 Å². The molecule has 0 bridgehead atoms. The third-order valence-corrected chi connectivity index (χ3v) is 5.12. The number of carbonyl (C=O) groups excluding carboxylic acids is 1. The number of fused-ring (bicyclic) bond motifs is 1. The number of carbonyl (C=O) groups is 2. The topological polar surface area (TPSA) is 124 Å². The molecule has 1 aromatic heterocycles. The van der Waals surface area contributed by atoms with E-state index in [1.54, 1.807) is 0 Å². The van der Waals surface area contributed by atoms with Crippen molar-refractivity contribution in [3.63, 3.8) is 0 Å². The Bertz CT molecular complexity index is 886. The molecule has 1 amide bonds. The largest absolute Gasteiger partial charge is 0.490 e. The van der Waals surface area contributed by atoms with Crippen LogP contribution in [-0.4, -0.2) is 67.8 Å². The number of hydrogen-bond donors (Lipinski definition) is 3. The number of halogens is 3. The first-order chi connectivity index (χ1) is 14.8. The van der Waals surface area contributed by atoms with Crippen molar-refractivity contribution in [2.24, 2.45) is 5.92 Å². The van der Waals surface area contributed by atoms with Crippen LogP contribution in [0.4, 0.5) is 18.9 Å². The van der Waals surface area contributed by atoms with Gasteiger partial charge in [0.1, 0.15) is 0 Å². The molecular weight excluding hydrogens is 417 g/mol. The highest BCUT2D eigenvalue weighted by Gasteiger charge is 2.38. The van der Waals surface area contributed by atoms with Crippen molar-refractivity contribution in [1.29, 1.82) is 0 Å². The van der Waals surface area contributed by atoms with Gasteiger partial charge >= 0.3 is 12.1 Å². The number of nitrogens with one attached hydrogen (secondary N) is 2. The lowest BCUT2D eigenvalue weighted by molar-refractivity contribution is -0.192. The van der Waals surface area contributed by atoms with Crippen LogP contribution in [0.5, 0.6) is 0 Å². The zero-order chi connectivity index (χ0) is 22.4. The molecule has 12 heteroatoms. The summed E-state index contributed by atoms with van der Waals surface area (Å²) in [6.07, 6.45) is -0.522. The van der Waals surface area contributed by atoms with Crippen molar-refractivity contribution in [2.45, 2.75) is 44.3 Å². The number of hydrogen-bond acceptors (Lipinski definition) is 6. The standard InChI is InChI=1S/C17H22N6O.C2HF3O2/c24-17(13-7-9-18-15-4-2-1-3-12(15)11-13)23(14-5-6-14)10-8-16-19-21-22-20-16;3-2(4,5)1(6)7/h1-4,13-14,18H,5-11H2,(H,19,20,21,22);(H,6,7). The zero-order valence-corrected chi connectivity index (χ0v) is 16.6. The Morgan fingerprint density at radius 2 is 1.90 bits per heavy atom. The predicted octanol–water partition coefficient (Wildman–Crippen LogP) is 2.04. The van der Waals surface area contributed by atoms with Gasteiger partial charge in [0.25, 0.3) is 0 Å². The molecule has 168 valence electrons. The minimum absolute atomic E-state index is 0.0482. The number of amides is 1. The quantitative estimate of drug-likeness (QED) is 0.650. The van der Waals surface area contributed by atoms with Gasteiger partial charge in [0, 0.05) is 37.2 Å². The van der Waals surface area contributed by atoms with Crippen LogP contribution in [0, 0.1) is 5.92 Å². The van der Waals surface area contributed by atoms with Crippen molar-refractivity contribution in [3.8, 4) is 0 Å². The van der Waals surface area contributed by atoms with Gasteiger partial charge in [-0.15, -0.1) is 10.2 Å². The second kappa shape index (κ2) is 9.75. The van der Waals surface area contributed by atoms with Gasteiger partial charge in [-0.25, -0.2) is 4.79 Å². The summed E-state index contributed by atoms with van der Waals surface area (Å²) >= 11 is 0. The van der Waals surface area contributed by atoms with Crippen molar-refractivity contribution in [2.75, 3.05) is 18.4 Å². The smallest absolute Gasteiger partial charge is 0.475 e. The number of aliphatic carboxylic acids is 1. The number of carboxylic acids is 1. The van der Waals surface area contributed by atoms with Gasteiger partial charge < -0.3 is 15.3 Å². The fraction of sp³-hybridized carbons (Fsp3) is 0.526. The Labute approximate surface area is 176 Å². The molecule has 0 spiro atoms. The highest BCUT2D eigenvalue weighted by atomic mass is 19.4. The number of para-hydroxylation sites is 1. The van der Waals surface area contributed by atoms with E-state index in [1.165, 1.54) is 5.56 Å². The summed E-state index contributed by atoms with van der Waals surface area (Å²) in [6, 6.07) is 8.69. The minimum atomic E-state index is -5.08. The van der Waals surface area contributed by atoms with E-state index in [0.717, 1.165) is 37.9 Å². The van der Waals surface area contributed by atoms with E-state index in [0.29, 0.717) is 24.8 Å². The summed E-state index contributed by atoms with van der Waals surface area (Å²) < 4.78 is 31.7. The maximum absolute atomic E-state index is 13.1. The number of anilines is 1. The van der Waals surface area contributed by atoms with E-state index >= 15 is 0 Å². The van der Waals surface area contributed by atoms with Crippen LogP contribution in [0.1, 0.15) is 30.7 Å². The molecule has 3 N–H and O–H groups in total. The molecule has 2 aromatic rings. The molecule has 1 aliphatic carbocycles. The van der Waals surface area contributed by atoms with Gasteiger partial charge in [-0.05, 0) is 37.3 Å². The van der Waals surface area contributed by atoms with Gasteiger partial charge in [0.15, 0.2) is 5.82 Å². The average molecular weight is 440 g/mol. The number of aromatic amines is 1. The Kier molecular flexibility index (Phi) is 7.08. The fourth-order valence-electron chi connectivity index (χ4n) is 3.43. The summed E-state index contributed by atoms with van der Waals surface area (Å²) in [7, 11) is 0. The number of carboxylic acid groups (broad SMARTS) is 1. The van der Waals surface area contributed by atoms with Crippen LogP contribution in [0.25, 0.3) is 0 Å². The number of aromatic nitrogens is 4. The van der Waals surface area contributed by atoms with Gasteiger partial charge in [0.2, 0.25) is 5.91 Å². The molecule has 1 atom stereocenters. The Morgan fingerprint density at radius 1 is 1.19 bits per heavy atom. The predicted molar refractivity (Wildman–Crippen MR) is 103 cm³/mol. The van der Waals surface area contributed by atoms with Gasteiger partial charge in [-0.3, -0.25) is 4.79 Å². The highest BCUT2D eigenvalue weighted by Crippen LogP contribution is 2.31. The molecule has 1 fully saturated rings. The zero-order valence-electron chi connectivity index (χ0n) is 16.6. The van der Waals surface area contributed by atoms with Gasteiger partial charge in [0.05, 0.1) is 0 Å². The summed E-state index contributed by atoms with van der Waals surface area (Å²) in [6.45, 7) is 1.52. The third-order valence-electron chi connectivity index (χ3n) is 5.12. The number of rotatable bonds is 5. The summed E-state index contributed by atoms with van der Waals surface area (Å²) in [5, 5.41) is 24.6. The molecule has 9 nitrogen and oxygen atoms in total. The molecule has 31 heavy (non-hydrogen) atoms. The Morgan fingerprint density at radius 3 is 2.52 bits per heavy atom. The maximum atomic E-state index is 13.1. The number of alkyl halides is 3. The molecule has 0 radical (unpaired) electrons. The lowest BCUT2D eigenvalue weighted by atomic mass is 9.95. The Balaban J connectivity index is 0.000000339. The molecule has 0 saturated heterocycles. The molecule has 2 aliphatic rings. The number of benzene rings is 1. The summed E-state index contributed by atoms with van der Waals surface area (Å²) in [4.78, 5) is 24.1. The molecule has 1 saturated carbocycles. The molecule has 1 aromatic carbocycles. The van der Waals surface area contributed by atoms with Crippen molar-refractivity contribution in [1.82, 2.24) is 25.5 Å². The van der Waals surface area contributed by atoms with Crippen LogP contribution < -0.4 is 5.32 Å². The highest BCUT2D eigenvalue weighted by molar-refractivity contribution is 5.80. The van der Waals surface area contributed by atoms with E-state index in [4.69, 9.17) is 9.90 Å². The third kappa shape index (κ3) is 6.40. The van der Waals surface area contributed by atoms with Gasteiger partial charge in [-0.2, -0.15) is 18.4 Å². The van der Waals surface area contributed by atoms with Crippen molar-refractivity contribution in [3.05, 3.63) is 35.7 Å². The average Bonchev–Trinajstić information content (AvgIpc) is 3.47. The normalized spacial score (nSPS) is 18.0. The monoisotopic (exact) mass is 440 g/mol. The first-order valence-corrected chi connectivity index (χ1v) is 9.90. The minimum Gasteiger partial charge on any atom is -0.475 e. The SMILES string of the molecule is O=C(C1CCNc2ccccc2C1)N(CCc1nn[nH]n1)C1CC1.O=C(O)C(F)(F)F. The van der Waals surface area contributed by atoms with E-state index in [9.17, 15) is 18.0 Å².